The van der Waals surface area contributed by atoms with Crippen LogP contribution in [0, 0.1) is 0 Å². The lowest BCUT2D eigenvalue weighted by Crippen LogP contribution is -2.27. The Morgan fingerprint density at radius 2 is 1.92 bits per heavy atom. The van der Waals surface area contributed by atoms with Crippen molar-refractivity contribution < 1.29 is 0 Å². The van der Waals surface area contributed by atoms with E-state index in [1.54, 1.807) is 0 Å². The second-order valence-corrected chi connectivity index (χ2v) is 4.07. The third-order valence-corrected chi connectivity index (χ3v) is 2.32. The molecular weight excluding hydrogens is 228 g/mol. The summed E-state index contributed by atoms with van der Waals surface area (Å²) in [6.07, 6.45) is 0. The molecule has 0 fully saturated rings. The van der Waals surface area contributed by atoms with Gasteiger partial charge in [-0.05, 0) is 31.8 Å². The zero-order valence-electron chi connectivity index (χ0n) is 8.05. The summed E-state index contributed by atoms with van der Waals surface area (Å²) in [5, 5.41) is 3.12. The van der Waals surface area contributed by atoms with E-state index in [9.17, 15) is 0 Å². The number of hydrogen-bond donors (Lipinski definition) is 1. The smallest absolute Gasteiger partial charge is 0.0478 e. The van der Waals surface area contributed by atoms with E-state index in [4.69, 9.17) is 0 Å². The second kappa shape index (κ2) is 5.37. The van der Waals surface area contributed by atoms with Crippen LogP contribution in [0.1, 0.15) is 5.56 Å². The Bertz CT molecular complexity index is 246. The number of nitrogens with zero attached hydrogens (tertiary/aromatic N) is 1. The molecule has 0 bridgehead atoms. The zero-order chi connectivity index (χ0) is 9.68. The van der Waals surface area contributed by atoms with Crippen molar-refractivity contribution in [2.45, 2.75) is 6.54 Å². The Hall–Kier alpha value is -0.380. The Labute approximate surface area is 88.1 Å². The quantitative estimate of drug-likeness (QED) is 0.814. The fourth-order valence-electron chi connectivity index (χ4n) is 1.23. The first kappa shape index (κ1) is 10.7. The highest BCUT2D eigenvalue weighted by molar-refractivity contribution is 9.10. The molecule has 0 aliphatic carbocycles. The molecule has 0 aliphatic rings. The molecule has 0 spiro atoms. The van der Waals surface area contributed by atoms with E-state index in [2.05, 4.69) is 57.5 Å². The van der Waals surface area contributed by atoms with Crippen molar-refractivity contribution in [1.29, 1.82) is 0 Å². The van der Waals surface area contributed by atoms with E-state index in [-0.39, 0.29) is 0 Å². The van der Waals surface area contributed by atoms with Crippen LogP contribution in [0.25, 0.3) is 0 Å². The second-order valence-electron chi connectivity index (χ2n) is 3.15. The molecule has 0 unspecified atom stereocenters. The molecule has 3 heteroatoms. The third kappa shape index (κ3) is 3.89. The average molecular weight is 243 g/mol. The van der Waals surface area contributed by atoms with Gasteiger partial charge in [0.1, 0.15) is 0 Å². The van der Waals surface area contributed by atoms with Crippen LogP contribution in [0.3, 0.4) is 0 Å². The summed E-state index contributed by atoms with van der Waals surface area (Å²) in [7, 11) is 4.05. The van der Waals surface area contributed by atoms with Gasteiger partial charge in [-0.2, -0.15) is 0 Å². The van der Waals surface area contributed by atoms with Gasteiger partial charge in [0.25, 0.3) is 0 Å². The van der Waals surface area contributed by atoms with Crippen LogP contribution in [-0.4, -0.2) is 25.7 Å². The van der Waals surface area contributed by atoms with Crippen molar-refractivity contribution in [3.63, 3.8) is 0 Å². The molecule has 0 radical (unpaired) electrons. The first-order valence-corrected chi connectivity index (χ1v) is 5.09. The van der Waals surface area contributed by atoms with Crippen LogP contribution in [0.5, 0.6) is 0 Å². The highest BCUT2D eigenvalue weighted by atomic mass is 79.9. The molecule has 72 valence electrons. The first-order valence-electron chi connectivity index (χ1n) is 4.30. The van der Waals surface area contributed by atoms with Gasteiger partial charge in [0, 0.05) is 17.7 Å². The van der Waals surface area contributed by atoms with Gasteiger partial charge in [0.2, 0.25) is 0 Å². The van der Waals surface area contributed by atoms with Gasteiger partial charge >= 0.3 is 0 Å². The van der Waals surface area contributed by atoms with Gasteiger partial charge in [-0.3, -0.25) is 4.90 Å². The molecule has 0 amide bonds. The maximum atomic E-state index is 3.42. The molecule has 0 atom stereocenters. The summed E-state index contributed by atoms with van der Waals surface area (Å²) < 4.78 is 1.13. The topological polar surface area (TPSA) is 15.3 Å². The molecule has 0 aromatic heterocycles. The number of nitrogens with one attached hydrogen (secondary N) is 1. The van der Waals surface area contributed by atoms with Gasteiger partial charge in [-0.15, -0.1) is 0 Å². The van der Waals surface area contributed by atoms with E-state index in [0.717, 1.165) is 17.7 Å². The minimum atomic E-state index is 0.913. The number of rotatable bonds is 4. The monoisotopic (exact) mass is 242 g/mol. The van der Waals surface area contributed by atoms with Crippen molar-refractivity contribution >= 4 is 15.9 Å². The van der Waals surface area contributed by atoms with Gasteiger partial charge in [0.05, 0.1) is 0 Å². The van der Waals surface area contributed by atoms with Gasteiger partial charge in [-0.1, -0.05) is 28.1 Å². The van der Waals surface area contributed by atoms with Crippen molar-refractivity contribution in [3.05, 3.63) is 34.3 Å². The number of benzene rings is 1. The fraction of sp³-hybridized carbons (Fsp3) is 0.400. The van der Waals surface area contributed by atoms with E-state index in [1.807, 2.05) is 7.05 Å². The molecule has 1 aromatic rings. The molecule has 2 nitrogen and oxygen atoms in total. The van der Waals surface area contributed by atoms with Crippen LogP contribution >= 0.6 is 15.9 Å². The molecular formula is C10H15BrN2. The van der Waals surface area contributed by atoms with Crippen molar-refractivity contribution in [2.75, 3.05) is 20.8 Å². The summed E-state index contributed by atoms with van der Waals surface area (Å²) in [5.74, 6) is 0. The maximum absolute atomic E-state index is 3.42. The minimum absolute atomic E-state index is 0.913. The maximum Gasteiger partial charge on any atom is 0.0478 e. The molecule has 0 aliphatic heterocycles. The standard InChI is InChI=1S/C10H15BrN2/c1-12-8-13(2)7-9-3-5-10(11)6-4-9/h3-6,12H,7-8H2,1-2H3. The van der Waals surface area contributed by atoms with Gasteiger partial charge < -0.3 is 5.32 Å². The molecule has 0 saturated carbocycles. The highest BCUT2D eigenvalue weighted by Crippen LogP contribution is 2.11. The van der Waals surface area contributed by atoms with Crippen molar-refractivity contribution in [1.82, 2.24) is 10.2 Å². The zero-order valence-corrected chi connectivity index (χ0v) is 9.63. The molecule has 0 saturated heterocycles. The van der Waals surface area contributed by atoms with E-state index in [0.29, 0.717) is 0 Å². The first-order chi connectivity index (χ1) is 6.22. The molecule has 0 heterocycles. The summed E-state index contributed by atoms with van der Waals surface area (Å²) in [6.45, 7) is 1.89. The van der Waals surface area contributed by atoms with Crippen LogP contribution in [0.4, 0.5) is 0 Å². The molecule has 1 rings (SSSR count). The van der Waals surface area contributed by atoms with E-state index >= 15 is 0 Å². The Kier molecular flexibility index (Phi) is 4.42. The van der Waals surface area contributed by atoms with Crippen LogP contribution in [0.15, 0.2) is 28.7 Å². The Morgan fingerprint density at radius 3 is 2.46 bits per heavy atom. The molecule has 1 N–H and O–H groups in total. The van der Waals surface area contributed by atoms with Crippen molar-refractivity contribution in [2.24, 2.45) is 0 Å². The highest BCUT2D eigenvalue weighted by Gasteiger charge is 1.97. The van der Waals surface area contributed by atoms with Crippen molar-refractivity contribution in [3.8, 4) is 0 Å². The van der Waals surface area contributed by atoms with E-state index in [1.165, 1.54) is 5.56 Å². The lowest BCUT2D eigenvalue weighted by molar-refractivity contribution is 0.310. The summed E-state index contributed by atoms with van der Waals surface area (Å²) in [4.78, 5) is 2.23. The SMILES string of the molecule is CNCN(C)Cc1ccc(Br)cc1. The predicted molar refractivity (Wildman–Crippen MR) is 59.5 cm³/mol. The predicted octanol–water partition coefficient (Wildman–Crippen LogP) is 2.06. The Balaban J connectivity index is 2.49. The third-order valence-electron chi connectivity index (χ3n) is 1.79. The Morgan fingerprint density at radius 1 is 1.31 bits per heavy atom. The lowest BCUT2D eigenvalue weighted by atomic mass is 10.2. The summed E-state index contributed by atoms with van der Waals surface area (Å²) >= 11 is 3.42. The summed E-state index contributed by atoms with van der Waals surface area (Å²) in [6, 6.07) is 8.41. The lowest BCUT2D eigenvalue weighted by Gasteiger charge is -2.15. The fourth-order valence-corrected chi connectivity index (χ4v) is 1.49. The van der Waals surface area contributed by atoms with Crippen LogP contribution in [0.2, 0.25) is 0 Å². The number of hydrogen-bond acceptors (Lipinski definition) is 2. The van der Waals surface area contributed by atoms with E-state index < -0.39 is 0 Å². The summed E-state index contributed by atoms with van der Waals surface area (Å²) in [5.41, 5.74) is 1.33. The average Bonchev–Trinajstić information content (AvgIpc) is 2.09. The normalized spacial score (nSPS) is 10.8. The van der Waals surface area contributed by atoms with Gasteiger partial charge in [0.15, 0.2) is 0 Å². The number of halogens is 1. The largest absolute Gasteiger partial charge is 0.307 e. The minimum Gasteiger partial charge on any atom is -0.307 e. The van der Waals surface area contributed by atoms with Gasteiger partial charge in [-0.25, -0.2) is 0 Å². The molecule has 13 heavy (non-hydrogen) atoms. The van der Waals surface area contributed by atoms with Crippen LogP contribution in [-0.2, 0) is 6.54 Å². The van der Waals surface area contributed by atoms with Crippen LogP contribution < -0.4 is 5.32 Å². The molecule has 1 aromatic carbocycles.